The topological polar surface area (TPSA) is 58.6 Å². The van der Waals surface area contributed by atoms with Crippen LogP contribution in [0.25, 0.3) is 0 Å². The molecular weight excluding hydrogens is 326 g/mol. The van der Waals surface area contributed by atoms with Crippen molar-refractivity contribution < 1.29 is 14.6 Å². The van der Waals surface area contributed by atoms with Crippen LogP contribution in [0.15, 0.2) is 48.5 Å². The molecule has 5 heteroatoms. The van der Waals surface area contributed by atoms with Crippen molar-refractivity contribution in [1.82, 2.24) is 5.32 Å². The fourth-order valence-electron chi connectivity index (χ4n) is 2.42. The Morgan fingerprint density at radius 3 is 2.12 bits per heavy atom. The molecular formula is C19H22ClNO3. The lowest BCUT2D eigenvalue weighted by atomic mass is 9.98. The molecule has 2 aromatic carbocycles. The maximum Gasteiger partial charge on any atom is 0.227 e. The van der Waals surface area contributed by atoms with Gasteiger partial charge in [0.1, 0.15) is 5.75 Å². The quantitative estimate of drug-likeness (QED) is 0.837. The van der Waals surface area contributed by atoms with Crippen molar-refractivity contribution in [3.05, 3.63) is 64.7 Å². The van der Waals surface area contributed by atoms with Crippen molar-refractivity contribution in [2.24, 2.45) is 0 Å². The summed E-state index contributed by atoms with van der Waals surface area (Å²) < 4.78 is 5.12. The van der Waals surface area contributed by atoms with Crippen LogP contribution in [0.2, 0.25) is 5.02 Å². The van der Waals surface area contributed by atoms with E-state index in [0.717, 1.165) is 11.3 Å². The number of hydrogen-bond donors (Lipinski definition) is 2. The summed E-state index contributed by atoms with van der Waals surface area (Å²) in [6, 6.07) is 13.9. The molecule has 3 atom stereocenters. The lowest BCUT2D eigenvalue weighted by molar-refractivity contribution is -0.123. The van der Waals surface area contributed by atoms with Crippen molar-refractivity contribution in [1.29, 1.82) is 0 Å². The Kier molecular flexibility index (Phi) is 6.23. The molecule has 0 aliphatic heterocycles. The molecule has 128 valence electrons. The standard InChI is InChI=1S/C19H22ClNO3/c1-12(14-6-10-17(24-3)11-7-14)19(23)21-13(2)18(22)15-4-8-16(20)9-5-15/h4-13,18,22H,1-3H3,(H,21,23). The molecule has 0 radical (unpaired) electrons. The van der Waals surface area contributed by atoms with Gasteiger partial charge in [-0.15, -0.1) is 0 Å². The van der Waals surface area contributed by atoms with Gasteiger partial charge in [0, 0.05) is 5.02 Å². The molecule has 3 unspecified atom stereocenters. The Balaban J connectivity index is 2.00. The van der Waals surface area contributed by atoms with E-state index in [9.17, 15) is 9.90 Å². The molecule has 0 saturated heterocycles. The van der Waals surface area contributed by atoms with Gasteiger partial charge in [-0.05, 0) is 49.2 Å². The summed E-state index contributed by atoms with van der Waals surface area (Å²) in [5, 5.41) is 13.8. The number of aliphatic hydroxyl groups is 1. The first-order chi connectivity index (χ1) is 11.4. The van der Waals surface area contributed by atoms with E-state index >= 15 is 0 Å². The van der Waals surface area contributed by atoms with Crippen molar-refractivity contribution in [3.63, 3.8) is 0 Å². The van der Waals surface area contributed by atoms with Crippen molar-refractivity contribution in [3.8, 4) is 5.75 Å². The average Bonchev–Trinajstić information content (AvgIpc) is 2.61. The molecule has 0 aliphatic rings. The van der Waals surface area contributed by atoms with Crippen molar-refractivity contribution in [2.45, 2.75) is 31.9 Å². The fourth-order valence-corrected chi connectivity index (χ4v) is 2.55. The third kappa shape index (κ3) is 4.49. The van der Waals surface area contributed by atoms with Crippen LogP contribution in [0.1, 0.15) is 37.0 Å². The number of rotatable bonds is 6. The van der Waals surface area contributed by atoms with Crippen LogP contribution in [0, 0.1) is 0 Å². The van der Waals surface area contributed by atoms with Crippen LogP contribution >= 0.6 is 11.6 Å². The summed E-state index contributed by atoms with van der Waals surface area (Å²) in [7, 11) is 1.60. The molecule has 0 heterocycles. The summed E-state index contributed by atoms with van der Waals surface area (Å²) in [5.41, 5.74) is 1.60. The van der Waals surface area contributed by atoms with Gasteiger partial charge in [0.15, 0.2) is 0 Å². The number of amides is 1. The molecule has 2 rings (SSSR count). The molecule has 4 nitrogen and oxygen atoms in total. The first-order valence-electron chi connectivity index (χ1n) is 7.80. The number of ether oxygens (including phenoxy) is 1. The third-order valence-corrected chi connectivity index (χ3v) is 4.32. The first-order valence-corrected chi connectivity index (χ1v) is 8.18. The summed E-state index contributed by atoms with van der Waals surface area (Å²) in [5.74, 6) is 0.286. The van der Waals surface area contributed by atoms with Crippen LogP contribution in [0.5, 0.6) is 5.75 Å². The number of hydrogen-bond acceptors (Lipinski definition) is 3. The molecule has 1 amide bonds. The average molecular weight is 348 g/mol. The number of methoxy groups -OCH3 is 1. The number of carbonyl (C=O) groups excluding carboxylic acids is 1. The number of benzene rings is 2. The minimum absolute atomic E-state index is 0.138. The highest BCUT2D eigenvalue weighted by Crippen LogP contribution is 2.22. The van der Waals surface area contributed by atoms with E-state index in [4.69, 9.17) is 16.3 Å². The number of halogens is 1. The van der Waals surface area contributed by atoms with Crippen LogP contribution < -0.4 is 10.1 Å². The van der Waals surface area contributed by atoms with Gasteiger partial charge in [0.2, 0.25) is 5.91 Å². The van der Waals surface area contributed by atoms with E-state index in [2.05, 4.69) is 5.32 Å². The monoisotopic (exact) mass is 347 g/mol. The Labute approximate surface area is 147 Å². The van der Waals surface area contributed by atoms with Gasteiger partial charge in [-0.3, -0.25) is 4.79 Å². The smallest absolute Gasteiger partial charge is 0.227 e. The minimum Gasteiger partial charge on any atom is -0.497 e. The predicted molar refractivity (Wildman–Crippen MR) is 95.4 cm³/mol. The van der Waals surface area contributed by atoms with E-state index in [-0.39, 0.29) is 11.8 Å². The second-order valence-electron chi connectivity index (χ2n) is 5.79. The normalized spacial score (nSPS) is 14.5. The van der Waals surface area contributed by atoms with E-state index in [1.165, 1.54) is 0 Å². The number of nitrogens with one attached hydrogen (secondary N) is 1. The predicted octanol–water partition coefficient (Wildman–Crippen LogP) is 3.69. The van der Waals surface area contributed by atoms with E-state index in [1.807, 2.05) is 31.2 Å². The molecule has 2 aromatic rings. The van der Waals surface area contributed by atoms with E-state index in [0.29, 0.717) is 10.6 Å². The van der Waals surface area contributed by atoms with Crippen LogP contribution in [-0.2, 0) is 4.79 Å². The second kappa shape index (κ2) is 8.18. The zero-order valence-corrected chi connectivity index (χ0v) is 14.7. The second-order valence-corrected chi connectivity index (χ2v) is 6.22. The molecule has 24 heavy (non-hydrogen) atoms. The van der Waals surface area contributed by atoms with E-state index < -0.39 is 12.1 Å². The van der Waals surface area contributed by atoms with Crippen molar-refractivity contribution in [2.75, 3.05) is 7.11 Å². The molecule has 0 aromatic heterocycles. The first kappa shape index (κ1) is 18.3. The van der Waals surface area contributed by atoms with Crippen LogP contribution in [0.4, 0.5) is 0 Å². The molecule has 0 saturated carbocycles. The Morgan fingerprint density at radius 2 is 1.58 bits per heavy atom. The largest absolute Gasteiger partial charge is 0.497 e. The highest BCUT2D eigenvalue weighted by Gasteiger charge is 2.22. The van der Waals surface area contributed by atoms with E-state index in [1.54, 1.807) is 38.3 Å². The molecule has 0 fully saturated rings. The van der Waals surface area contributed by atoms with Gasteiger partial charge in [-0.25, -0.2) is 0 Å². The maximum absolute atomic E-state index is 12.4. The Morgan fingerprint density at radius 1 is 1.04 bits per heavy atom. The minimum atomic E-state index is -0.797. The van der Waals surface area contributed by atoms with Gasteiger partial charge in [-0.1, -0.05) is 35.9 Å². The van der Waals surface area contributed by atoms with Gasteiger partial charge in [-0.2, -0.15) is 0 Å². The Hall–Kier alpha value is -2.04. The van der Waals surface area contributed by atoms with Crippen LogP contribution in [0.3, 0.4) is 0 Å². The van der Waals surface area contributed by atoms with Gasteiger partial charge >= 0.3 is 0 Å². The van der Waals surface area contributed by atoms with Gasteiger partial charge in [0.25, 0.3) is 0 Å². The lowest BCUT2D eigenvalue weighted by Crippen LogP contribution is -2.39. The third-order valence-electron chi connectivity index (χ3n) is 4.06. The zero-order valence-electron chi connectivity index (χ0n) is 14.0. The summed E-state index contributed by atoms with van der Waals surface area (Å²) in [6.45, 7) is 3.61. The summed E-state index contributed by atoms with van der Waals surface area (Å²) in [6.07, 6.45) is -0.797. The molecule has 0 spiro atoms. The zero-order chi connectivity index (χ0) is 17.7. The van der Waals surface area contributed by atoms with Crippen LogP contribution in [-0.4, -0.2) is 24.2 Å². The molecule has 0 aliphatic carbocycles. The molecule has 0 bridgehead atoms. The summed E-state index contributed by atoms with van der Waals surface area (Å²) in [4.78, 5) is 12.4. The lowest BCUT2D eigenvalue weighted by Gasteiger charge is -2.23. The van der Waals surface area contributed by atoms with Gasteiger partial charge < -0.3 is 15.2 Å². The molecule has 2 N–H and O–H groups in total. The Bertz CT molecular complexity index is 670. The van der Waals surface area contributed by atoms with Crippen molar-refractivity contribution >= 4 is 17.5 Å². The fraction of sp³-hybridized carbons (Fsp3) is 0.316. The van der Waals surface area contributed by atoms with Gasteiger partial charge in [0.05, 0.1) is 25.2 Å². The highest BCUT2D eigenvalue weighted by molar-refractivity contribution is 6.30. The summed E-state index contributed by atoms with van der Waals surface area (Å²) >= 11 is 5.85. The number of carbonyl (C=O) groups is 1. The SMILES string of the molecule is COc1ccc(C(C)C(=O)NC(C)C(O)c2ccc(Cl)cc2)cc1. The maximum atomic E-state index is 12.4. The number of aliphatic hydroxyl groups excluding tert-OH is 1. The highest BCUT2D eigenvalue weighted by atomic mass is 35.5.